The molecule has 1 aliphatic rings. The van der Waals surface area contributed by atoms with E-state index in [0.29, 0.717) is 6.54 Å². The summed E-state index contributed by atoms with van der Waals surface area (Å²) in [4.78, 5) is 0. The molecule has 66 valence electrons. The highest BCUT2D eigenvalue weighted by Crippen LogP contribution is 2.32. The van der Waals surface area contributed by atoms with E-state index in [1.165, 1.54) is 6.42 Å². The van der Waals surface area contributed by atoms with E-state index in [9.17, 15) is 5.11 Å². The number of hydrogen-bond acceptors (Lipinski definition) is 2. The molecule has 11 heavy (non-hydrogen) atoms. The fourth-order valence-electron chi connectivity index (χ4n) is 1.83. The summed E-state index contributed by atoms with van der Waals surface area (Å²) in [6.45, 7) is 2.65. The van der Waals surface area contributed by atoms with Gasteiger partial charge in [0.1, 0.15) is 0 Å². The fourth-order valence-corrected chi connectivity index (χ4v) is 1.83. The summed E-state index contributed by atoms with van der Waals surface area (Å²) >= 11 is 0. The van der Waals surface area contributed by atoms with Crippen molar-refractivity contribution in [2.24, 2.45) is 11.7 Å². The van der Waals surface area contributed by atoms with E-state index >= 15 is 0 Å². The number of rotatable bonds is 2. The SMILES string of the molecule is CCC1CCC(O)(CN)CC1. The highest BCUT2D eigenvalue weighted by molar-refractivity contribution is 4.85. The van der Waals surface area contributed by atoms with Gasteiger partial charge in [0.25, 0.3) is 0 Å². The van der Waals surface area contributed by atoms with Crippen LogP contribution in [0.1, 0.15) is 39.0 Å². The second-order valence-corrected chi connectivity index (χ2v) is 3.78. The van der Waals surface area contributed by atoms with Crippen molar-refractivity contribution >= 4 is 0 Å². The Hall–Kier alpha value is -0.0800. The molecular formula is C9H19NO. The molecule has 0 amide bonds. The molecule has 0 radical (unpaired) electrons. The molecule has 2 nitrogen and oxygen atoms in total. The maximum absolute atomic E-state index is 9.77. The molecular weight excluding hydrogens is 138 g/mol. The first-order valence-electron chi connectivity index (χ1n) is 4.62. The van der Waals surface area contributed by atoms with E-state index in [-0.39, 0.29) is 0 Å². The number of hydrogen-bond donors (Lipinski definition) is 2. The molecule has 1 saturated carbocycles. The molecule has 0 unspecified atom stereocenters. The van der Waals surface area contributed by atoms with Crippen molar-refractivity contribution in [1.29, 1.82) is 0 Å². The van der Waals surface area contributed by atoms with Crippen LogP contribution in [0, 0.1) is 5.92 Å². The zero-order chi connectivity index (χ0) is 8.32. The fraction of sp³-hybridized carbons (Fsp3) is 1.00. The van der Waals surface area contributed by atoms with E-state index in [1.54, 1.807) is 0 Å². The van der Waals surface area contributed by atoms with Gasteiger partial charge in [0.15, 0.2) is 0 Å². The Labute approximate surface area is 68.8 Å². The lowest BCUT2D eigenvalue weighted by Crippen LogP contribution is -2.41. The number of aliphatic hydroxyl groups is 1. The normalized spacial score (nSPS) is 39.0. The predicted molar refractivity (Wildman–Crippen MR) is 46.3 cm³/mol. The van der Waals surface area contributed by atoms with Crippen molar-refractivity contribution in [2.75, 3.05) is 6.54 Å². The Morgan fingerprint density at radius 2 is 2.00 bits per heavy atom. The van der Waals surface area contributed by atoms with Crippen molar-refractivity contribution in [3.05, 3.63) is 0 Å². The molecule has 2 heteroatoms. The molecule has 0 atom stereocenters. The molecule has 1 aliphatic carbocycles. The zero-order valence-corrected chi connectivity index (χ0v) is 7.34. The lowest BCUT2D eigenvalue weighted by Gasteiger charge is -2.34. The number of nitrogens with two attached hydrogens (primary N) is 1. The van der Waals surface area contributed by atoms with Gasteiger partial charge in [-0.05, 0) is 31.6 Å². The van der Waals surface area contributed by atoms with Crippen LogP contribution < -0.4 is 5.73 Å². The molecule has 0 aliphatic heterocycles. The van der Waals surface area contributed by atoms with E-state index in [0.717, 1.165) is 31.6 Å². The smallest absolute Gasteiger partial charge is 0.0769 e. The predicted octanol–water partition coefficient (Wildman–Crippen LogP) is 1.28. The second-order valence-electron chi connectivity index (χ2n) is 3.78. The minimum atomic E-state index is -0.522. The monoisotopic (exact) mass is 157 g/mol. The molecule has 3 N–H and O–H groups in total. The molecule has 1 fully saturated rings. The maximum Gasteiger partial charge on any atom is 0.0769 e. The second kappa shape index (κ2) is 3.55. The van der Waals surface area contributed by atoms with Gasteiger partial charge in [-0.25, -0.2) is 0 Å². The average Bonchev–Trinajstić information content (AvgIpc) is 2.06. The topological polar surface area (TPSA) is 46.2 Å². The summed E-state index contributed by atoms with van der Waals surface area (Å²) in [5.41, 5.74) is 4.95. The maximum atomic E-state index is 9.77. The summed E-state index contributed by atoms with van der Waals surface area (Å²) in [7, 11) is 0. The highest BCUT2D eigenvalue weighted by Gasteiger charge is 2.30. The summed E-state index contributed by atoms with van der Waals surface area (Å²) in [6.07, 6.45) is 5.37. The zero-order valence-electron chi connectivity index (χ0n) is 7.34. The Morgan fingerprint density at radius 3 is 2.36 bits per heavy atom. The first-order chi connectivity index (χ1) is 5.20. The van der Waals surface area contributed by atoms with Gasteiger partial charge in [0.2, 0.25) is 0 Å². The Balaban J connectivity index is 2.35. The lowest BCUT2D eigenvalue weighted by molar-refractivity contribution is -0.00138. The van der Waals surface area contributed by atoms with Crippen LogP contribution in [0.5, 0.6) is 0 Å². The van der Waals surface area contributed by atoms with Gasteiger partial charge >= 0.3 is 0 Å². The van der Waals surface area contributed by atoms with Crippen LogP contribution in [0.3, 0.4) is 0 Å². The molecule has 0 bridgehead atoms. The van der Waals surface area contributed by atoms with Crippen molar-refractivity contribution in [2.45, 2.75) is 44.6 Å². The Kier molecular flexibility index (Phi) is 2.90. The summed E-state index contributed by atoms with van der Waals surface area (Å²) in [6, 6.07) is 0. The van der Waals surface area contributed by atoms with Gasteiger partial charge in [-0.1, -0.05) is 13.3 Å². The third kappa shape index (κ3) is 2.17. The van der Waals surface area contributed by atoms with Gasteiger partial charge in [-0.3, -0.25) is 0 Å². The average molecular weight is 157 g/mol. The van der Waals surface area contributed by atoms with Crippen LogP contribution >= 0.6 is 0 Å². The summed E-state index contributed by atoms with van der Waals surface area (Å²) < 4.78 is 0. The highest BCUT2D eigenvalue weighted by atomic mass is 16.3. The quantitative estimate of drug-likeness (QED) is 0.634. The van der Waals surface area contributed by atoms with Crippen LogP contribution in [-0.4, -0.2) is 17.3 Å². The van der Waals surface area contributed by atoms with E-state index in [1.807, 2.05) is 0 Å². The lowest BCUT2D eigenvalue weighted by atomic mass is 9.78. The third-order valence-corrected chi connectivity index (χ3v) is 2.99. The van der Waals surface area contributed by atoms with Gasteiger partial charge in [-0.2, -0.15) is 0 Å². The third-order valence-electron chi connectivity index (χ3n) is 2.99. The van der Waals surface area contributed by atoms with Gasteiger partial charge in [0.05, 0.1) is 5.60 Å². The van der Waals surface area contributed by atoms with E-state index < -0.39 is 5.60 Å². The van der Waals surface area contributed by atoms with Gasteiger partial charge in [0, 0.05) is 6.54 Å². The molecule has 0 saturated heterocycles. The van der Waals surface area contributed by atoms with Crippen LogP contribution in [0.2, 0.25) is 0 Å². The molecule has 0 heterocycles. The standard InChI is InChI=1S/C9H19NO/c1-2-8-3-5-9(11,7-10)6-4-8/h8,11H,2-7,10H2,1H3. The van der Waals surface area contributed by atoms with Crippen molar-refractivity contribution < 1.29 is 5.11 Å². The summed E-state index contributed by atoms with van der Waals surface area (Å²) in [5.74, 6) is 0.835. The molecule has 0 spiro atoms. The van der Waals surface area contributed by atoms with E-state index in [2.05, 4.69) is 6.92 Å². The molecule has 0 aromatic carbocycles. The van der Waals surface area contributed by atoms with Crippen molar-refractivity contribution in [3.63, 3.8) is 0 Å². The van der Waals surface area contributed by atoms with Gasteiger partial charge < -0.3 is 10.8 Å². The van der Waals surface area contributed by atoms with Crippen molar-refractivity contribution in [3.8, 4) is 0 Å². The first-order valence-corrected chi connectivity index (χ1v) is 4.62. The Bertz CT molecular complexity index is 117. The summed E-state index contributed by atoms with van der Waals surface area (Å²) in [5, 5.41) is 9.77. The van der Waals surface area contributed by atoms with Gasteiger partial charge in [-0.15, -0.1) is 0 Å². The molecule has 1 rings (SSSR count). The van der Waals surface area contributed by atoms with Crippen molar-refractivity contribution in [1.82, 2.24) is 0 Å². The largest absolute Gasteiger partial charge is 0.389 e. The Morgan fingerprint density at radius 1 is 1.45 bits per heavy atom. The minimum absolute atomic E-state index is 0.434. The van der Waals surface area contributed by atoms with E-state index in [4.69, 9.17) is 5.73 Å². The van der Waals surface area contributed by atoms with Crippen LogP contribution in [0.15, 0.2) is 0 Å². The van der Waals surface area contributed by atoms with Crippen LogP contribution in [-0.2, 0) is 0 Å². The molecule has 0 aromatic rings. The van der Waals surface area contributed by atoms with Crippen LogP contribution in [0.25, 0.3) is 0 Å². The molecule has 0 aromatic heterocycles. The van der Waals surface area contributed by atoms with Crippen LogP contribution in [0.4, 0.5) is 0 Å². The minimum Gasteiger partial charge on any atom is -0.389 e. The first kappa shape index (κ1) is 9.01.